The Hall–Kier alpha value is -2.35. The van der Waals surface area contributed by atoms with Crippen LogP contribution in [-0.4, -0.2) is 22.0 Å². The summed E-state index contributed by atoms with van der Waals surface area (Å²) in [7, 11) is 0. The lowest BCUT2D eigenvalue weighted by molar-refractivity contribution is -0.147. The minimum Gasteiger partial charge on any atom is -0.477 e. The van der Waals surface area contributed by atoms with Crippen molar-refractivity contribution in [3.8, 4) is 0 Å². The van der Waals surface area contributed by atoms with Gasteiger partial charge in [-0.2, -0.15) is 8.78 Å². The van der Waals surface area contributed by atoms with E-state index in [0.717, 1.165) is 11.3 Å². The Morgan fingerprint density at radius 2 is 1.91 bits per heavy atom. The van der Waals surface area contributed by atoms with Gasteiger partial charge in [-0.3, -0.25) is 4.79 Å². The van der Waals surface area contributed by atoms with E-state index in [-0.39, 0.29) is 15.6 Å². The minimum atomic E-state index is -3.68. The Balaban J connectivity index is 2.16. The van der Waals surface area contributed by atoms with Crippen molar-refractivity contribution in [2.75, 3.05) is 0 Å². The molecule has 1 amide bonds. The number of benzene rings is 1. The van der Waals surface area contributed by atoms with Crippen molar-refractivity contribution < 1.29 is 23.5 Å². The normalized spacial score (nSPS) is 12.7. The van der Waals surface area contributed by atoms with Crippen LogP contribution < -0.4 is 5.32 Å². The number of aromatic carboxylic acids is 1. The zero-order chi connectivity index (χ0) is 17.2. The summed E-state index contributed by atoms with van der Waals surface area (Å²) >= 11 is 0.854. The molecule has 0 spiro atoms. The lowest BCUT2D eigenvalue weighted by atomic mass is 10.1. The van der Waals surface area contributed by atoms with Crippen LogP contribution in [0.4, 0.5) is 8.78 Å². The van der Waals surface area contributed by atoms with Gasteiger partial charge in [0.15, 0.2) is 0 Å². The molecule has 0 saturated heterocycles. The van der Waals surface area contributed by atoms with Crippen LogP contribution in [0.2, 0.25) is 0 Å². The number of halogens is 2. The fourth-order valence-corrected chi connectivity index (χ4v) is 2.84. The summed E-state index contributed by atoms with van der Waals surface area (Å²) in [5.74, 6) is -6.28. The Kier molecular flexibility index (Phi) is 4.74. The van der Waals surface area contributed by atoms with Crippen molar-refractivity contribution in [1.29, 1.82) is 0 Å². The van der Waals surface area contributed by atoms with Gasteiger partial charge in [-0.05, 0) is 13.8 Å². The second-order valence-electron chi connectivity index (χ2n) is 4.91. The highest BCUT2D eigenvalue weighted by Crippen LogP contribution is 2.30. The summed E-state index contributed by atoms with van der Waals surface area (Å²) in [6, 6.07) is 5.92. The predicted molar refractivity (Wildman–Crippen MR) is 80.7 cm³/mol. The van der Waals surface area contributed by atoms with E-state index in [2.05, 4.69) is 10.3 Å². The summed E-state index contributed by atoms with van der Waals surface area (Å²) in [6.45, 7) is 2.99. The van der Waals surface area contributed by atoms with E-state index in [1.54, 1.807) is 6.07 Å². The molecule has 8 heteroatoms. The molecule has 1 aromatic carbocycles. The number of hydrogen-bond donors (Lipinski definition) is 2. The molecule has 1 unspecified atom stereocenters. The summed E-state index contributed by atoms with van der Waals surface area (Å²) in [5, 5.41) is 11.4. The number of hydrogen-bond acceptors (Lipinski definition) is 4. The van der Waals surface area contributed by atoms with Gasteiger partial charge in [0.25, 0.3) is 5.91 Å². The SMILES string of the molecule is Cc1nc(C(C)NC(=O)C(F)(F)c2ccccc2)sc1C(=O)O. The van der Waals surface area contributed by atoms with Gasteiger partial charge in [0.05, 0.1) is 11.7 Å². The monoisotopic (exact) mass is 340 g/mol. The van der Waals surface area contributed by atoms with E-state index in [4.69, 9.17) is 5.11 Å². The van der Waals surface area contributed by atoms with E-state index in [1.807, 2.05) is 0 Å². The van der Waals surface area contributed by atoms with Crippen LogP contribution in [0.25, 0.3) is 0 Å². The summed E-state index contributed by atoms with van der Waals surface area (Å²) in [5.41, 5.74) is -0.125. The number of carbonyl (C=O) groups excluding carboxylic acids is 1. The van der Waals surface area contributed by atoms with Gasteiger partial charge in [0, 0.05) is 5.56 Å². The molecule has 2 N–H and O–H groups in total. The van der Waals surface area contributed by atoms with Gasteiger partial charge in [-0.25, -0.2) is 9.78 Å². The molecule has 1 aromatic heterocycles. The van der Waals surface area contributed by atoms with E-state index in [9.17, 15) is 18.4 Å². The third-order valence-corrected chi connectivity index (χ3v) is 4.48. The van der Waals surface area contributed by atoms with Gasteiger partial charge in [0.1, 0.15) is 9.88 Å². The molecule has 5 nitrogen and oxygen atoms in total. The third kappa shape index (κ3) is 3.53. The maximum absolute atomic E-state index is 14.1. The molecule has 0 aliphatic heterocycles. The summed E-state index contributed by atoms with van der Waals surface area (Å²) in [4.78, 5) is 26.9. The van der Waals surface area contributed by atoms with E-state index >= 15 is 0 Å². The molecule has 23 heavy (non-hydrogen) atoms. The van der Waals surface area contributed by atoms with Crippen molar-refractivity contribution in [1.82, 2.24) is 10.3 Å². The molecule has 1 heterocycles. The number of nitrogens with zero attached hydrogens (tertiary/aromatic N) is 1. The maximum Gasteiger partial charge on any atom is 0.349 e. The highest BCUT2D eigenvalue weighted by molar-refractivity contribution is 7.13. The first-order valence-corrected chi connectivity index (χ1v) is 7.50. The van der Waals surface area contributed by atoms with Crippen molar-refractivity contribution in [3.63, 3.8) is 0 Å². The Morgan fingerprint density at radius 1 is 1.30 bits per heavy atom. The topological polar surface area (TPSA) is 79.3 Å². The molecule has 0 saturated carbocycles. The third-order valence-electron chi connectivity index (χ3n) is 3.15. The van der Waals surface area contributed by atoms with Crippen LogP contribution in [0.3, 0.4) is 0 Å². The number of carboxylic acids is 1. The largest absolute Gasteiger partial charge is 0.477 e. The van der Waals surface area contributed by atoms with Gasteiger partial charge in [0.2, 0.25) is 0 Å². The van der Waals surface area contributed by atoms with Crippen LogP contribution >= 0.6 is 11.3 Å². The maximum atomic E-state index is 14.1. The zero-order valence-electron chi connectivity index (χ0n) is 12.3. The number of rotatable bonds is 5. The first-order chi connectivity index (χ1) is 10.7. The number of nitrogens with one attached hydrogen (secondary N) is 1. The van der Waals surface area contributed by atoms with Gasteiger partial charge < -0.3 is 10.4 Å². The Bertz CT molecular complexity index is 732. The number of thiazole rings is 1. The first-order valence-electron chi connectivity index (χ1n) is 6.68. The average molecular weight is 340 g/mol. The molecule has 0 aliphatic carbocycles. The van der Waals surface area contributed by atoms with E-state index in [0.29, 0.717) is 0 Å². The number of carbonyl (C=O) groups is 2. The summed E-state index contributed by atoms with van der Waals surface area (Å²) in [6.07, 6.45) is 0. The molecule has 0 bridgehead atoms. The molecule has 122 valence electrons. The number of amides is 1. The molecular weight excluding hydrogens is 326 g/mol. The molecular formula is C15H14F2N2O3S. The van der Waals surface area contributed by atoms with Crippen LogP contribution in [0, 0.1) is 6.92 Å². The fraction of sp³-hybridized carbons (Fsp3) is 0.267. The van der Waals surface area contributed by atoms with E-state index in [1.165, 1.54) is 38.1 Å². The smallest absolute Gasteiger partial charge is 0.349 e. The second-order valence-corrected chi connectivity index (χ2v) is 5.94. The molecule has 2 rings (SSSR count). The van der Waals surface area contributed by atoms with E-state index < -0.39 is 29.4 Å². The molecule has 0 fully saturated rings. The standard InChI is InChI=1S/C15H14F2N2O3S/c1-8-11(13(20)21)23-12(18-8)9(2)19-14(22)15(16,17)10-6-4-3-5-7-10/h3-7,9H,1-2H3,(H,19,22)(H,20,21). The molecule has 1 atom stereocenters. The quantitative estimate of drug-likeness (QED) is 0.876. The lowest BCUT2D eigenvalue weighted by Gasteiger charge is -2.19. The average Bonchev–Trinajstić information content (AvgIpc) is 2.90. The van der Waals surface area contributed by atoms with Crippen molar-refractivity contribution in [2.24, 2.45) is 0 Å². The van der Waals surface area contributed by atoms with Crippen LogP contribution in [-0.2, 0) is 10.7 Å². The highest BCUT2D eigenvalue weighted by Gasteiger charge is 2.41. The fourth-order valence-electron chi connectivity index (χ4n) is 1.93. The molecule has 2 aromatic rings. The lowest BCUT2D eigenvalue weighted by Crippen LogP contribution is -2.39. The van der Waals surface area contributed by atoms with Crippen molar-refractivity contribution in [3.05, 3.63) is 51.5 Å². The van der Waals surface area contributed by atoms with Crippen LogP contribution in [0.15, 0.2) is 30.3 Å². The van der Waals surface area contributed by atoms with Gasteiger partial charge in [-0.1, -0.05) is 30.3 Å². The zero-order valence-corrected chi connectivity index (χ0v) is 13.2. The molecule has 0 aliphatic rings. The number of alkyl halides is 2. The summed E-state index contributed by atoms with van der Waals surface area (Å²) < 4.78 is 28.2. The number of aryl methyl sites for hydroxylation is 1. The van der Waals surface area contributed by atoms with Gasteiger partial charge >= 0.3 is 11.9 Å². The molecule has 0 radical (unpaired) electrons. The number of carboxylic acid groups (broad SMARTS) is 1. The minimum absolute atomic E-state index is 0.0240. The second kappa shape index (κ2) is 6.41. The van der Waals surface area contributed by atoms with Crippen LogP contribution in [0.1, 0.15) is 38.9 Å². The Labute approximate surface area is 135 Å². The van der Waals surface area contributed by atoms with Crippen molar-refractivity contribution in [2.45, 2.75) is 25.8 Å². The van der Waals surface area contributed by atoms with Crippen molar-refractivity contribution >= 4 is 23.2 Å². The highest BCUT2D eigenvalue weighted by atomic mass is 32.1. The predicted octanol–water partition coefficient (Wildman–Crippen LogP) is 3.12. The Morgan fingerprint density at radius 3 is 2.43 bits per heavy atom. The first kappa shape index (κ1) is 17.0. The van der Waals surface area contributed by atoms with Gasteiger partial charge in [-0.15, -0.1) is 11.3 Å². The number of aromatic nitrogens is 1. The van der Waals surface area contributed by atoms with Crippen LogP contribution in [0.5, 0.6) is 0 Å².